The number of benzene rings is 1. The fourth-order valence-electron chi connectivity index (χ4n) is 2.96. The number of alkyl carbamates (subject to hydrolysis) is 1. The maximum absolute atomic E-state index is 12.3. The Morgan fingerprint density at radius 2 is 1.94 bits per heavy atom. The number of nitrogens with one attached hydrogen (secondary N) is 1. The number of ether oxygens (including phenoxy) is 4. The highest BCUT2D eigenvalue weighted by molar-refractivity contribution is 5.89. The molecule has 2 aromatic rings. The smallest absolute Gasteiger partial charge is 0.408 e. The van der Waals surface area contributed by atoms with E-state index in [1.54, 1.807) is 53.0 Å². The lowest BCUT2D eigenvalue weighted by Crippen LogP contribution is -2.34. The Labute approximate surface area is 187 Å². The maximum atomic E-state index is 12.3. The number of methoxy groups -OCH3 is 2. The van der Waals surface area contributed by atoms with Crippen LogP contribution in [-0.4, -0.2) is 43.5 Å². The number of esters is 1. The summed E-state index contributed by atoms with van der Waals surface area (Å²) in [6.07, 6.45) is 1.69. The summed E-state index contributed by atoms with van der Waals surface area (Å²) in [6, 6.07) is 4.57. The van der Waals surface area contributed by atoms with E-state index < -0.39 is 23.7 Å². The molecule has 1 atom stereocenters. The van der Waals surface area contributed by atoms with Gasteiger partial charge in [0.1, 0.15) is 5.60 Å². The van der Waals surface area contributed by atoms with Crippen LogP contribution in [0, 0.1) is 5.92 Å². The first kappa shape index (κ1) is 23.4. The highest BCUT2D eigenvalue weighted by Gasteiger charge is 2.28. The van der Waals surface area contributed by atoms with Gasteiger partial charge in [-0.1, -0.05) is 0 Å². The van der Waals surface area contributed by atoms with Gasteiger partial charge in [0, 0.05) is 5.56 Å². The zero-order valence-electron chi connectivity index (χ0n) is 19.3. The Morgan fingerprint density at radius 1 is 1.22 bits per heavy atom. The van der Waals surface area contributed by atoms with E-state index in [9.17, 15) is 9.59 Å². The average Bonchev–Trinajstić information content (AvgIpc) is 3.45. The van der Waals surface area contributed by atoms with Crippen molar-refractivity contribution in [3.8, 4) is 23.0 Å². The topological polar surface area (TPSA) is 109 Å². The van der Waals surface area contributed by atoms with Crippen molar-refractivity contribution in [1.82, 2.24) is 10.3 Å². The van der Waals surface area contributed by atoms with Crippen molar-refractivity contribution in [2.24, 2.45) is 5.92 Å². The van der Waals surface area contributed by atoms with Crippen molar-refractivity contribution in [3.05, 3.63) is 29.7 Å². The van der Waals surface area contributed by atoms with Crippen molar-refractivity contribution >= 4 is 12.1 Å². The number of carbonyl (C=O) groups excluding carboxylic acids is 2. The number of rotatable bonds is 8. The summed E-state index contributed by atoms with van der Waals surface area (Å²) in [5.74, 6) is 1.41. The fourth-order valence-corrected chi connectivity index (χ4v) is 2.96. The summed E-state index contributed by atoms with van der Waals surface area (Å²) in [6.45, 7) is 7.56. The molecule has 9 heteroatoms. The van der Waals surface area contributed by atoms with Crippen molar-refractivity contribution in [2.45, 2.75) is 52.2 Å². The Balaban J connectivity index is 1.89. The van der Waals surface area contributed by atoms with Crippen LogP contribution in [0.15, 0.2) is 22.6 Å². The lowest BCUT2D eigenvalue weighted by atomic mass is 10.2. The molecule has 1 N–H and O–H groups in total. The Hall–Kier alpha value is -3.23. The third-order valence-electron chi connectivity index (χ3n) is 4.74. The van der Waals surface area contributed by atoms with Crippen LogP contribution in [0.4, 0.5) is 4.79 Å². The summed E-state index contributed by atoms with van der Waals surface area (Å²) >= 11 is 0. The van der Waals surface area contributed by atoms with Crippen LogP contribution >= 0.6 is 0 Å². The normalized spacial score (nSPS) is 14.4. The van der Waals surface area contributed by atoms with Gasteiger partial charge < -0.3 is 28.7 Å². The van der Waals surface area contributed by atoms with Crippen molar-refractivity contribution in [1.29, 1.82) is 0 Å². The largest absolute Gasteiger partial charge is 0.493 e. The molecule has 0 bridgehead atoms. The molecule has 1 fully saturated rings. The number of nitrogens with zero attached hydrogens (tertiary/aromatic N) is 1. The highest BCUT2D eigenvalue weighted by Crippen LogP contribution is 2.36. The van der Waals surface area contributed by atoms with Gasteiger partial charge in [0.05, 0.1) is 26.9 Å². The van der Waals surface area contributed by atoms with Crippen LogP contribution in [0.3, 0.4) is 0 Å². The van der Waals surface area contributed by atoms with Crippen LogP contribution in [0.2, 0.25) is 0 Å². The molecule has 0 spiro atoms. The number of carbonyl (C=O) groups is 2. The predicted molar refractivity (Wildman–Crippen MR) is 116 cm³/mol. The predicted octanol–water partition coefficient (Wildman–Crippen LogP) is 4.51. The first-order valence-electron chi connectivity index (χ1n) is 10.5. The number of hydrogen-bond donors (Lipinski definition) is 1. The second kappa shape index (κ2) is 9.50. The molecule has 9 nitrogen and oxygen atoms in total. The molecule has 1 saturated carbocycles. The molecule has 1 amide bonds. The molecular formula is C23H30N2O7. The average molecular weight is 447 g/mol. The Morgan fingerprint density at radius 3 is 2.53 bits per heavy atom. The number of oxazole rings is 1. The molecule has 0 saturated heterocycles. The first-order chi connectivity index (χ1) is 15.1. The second-order valence-corrected chi connectivity index (χ2v) is 8.71. The molecule has 1 heterocycles. The summed E-state index contributed by atoms with van der Waals surface area (Å²) in [7, 11) is 2.82. The molecule has 1 aliphatic rings. The van der Waals surface area contributed by atoms with Gasteiger partial charge in [-0.25, -0.2) is 14.6 Å². The zero-order valence-corrected chi connectivity index (χ0v) is 19.3. The molecule has 0 aliphatic heterocycles. The van der Waals surface area contributed by atoms with Crippen LogP contribution in [0.5, 0.6) is 11.5 Å². The van der Waals surface area contributed by atoms with E-state index in [-0.39, 0.29) is 17.3 Å². The third kappa shape index (κ3) is 5.93. The van der Waals surface area contributed by atoms with Gasteiger partial charge in [0.15, 0.2) is 23.0 Å². The lowest BCUT2D eigenvalue weighted by molar-refractivity contribution is 0.0495. The monoisotopic (exact) mass is 446 g/mol. The molecular weight excluding hydrogens is 416 g/mol. The van der Waals surface area contributed by atoms with Gasteiger partial charge in [-0.05, 0) is 64.7 Å². The van der Waals surface area contributed by atoms with E-state index in [4.69, 9.17) is 23.4 Å². The zero-order chi connectivity index (χ0) is 23.5. The standard InChI is InChI=1S/C23H30N2O7/c1-13(24-22(27)32-23(2,3)4)19-18(21(26)29-6)25-20(31-19)15-9-10-16(28-5)17(11-15)30-12-14-7-8-14/h9-11,13-14H,7-8,12H2,1-6H3,(H,24,27). The number of amides is 1. The molecule has 3 rings (SSSR count). The van der Waals surface area contributed by atoms with Gasteiger partial charge in [0.25, 0.3) is 0 Å². The summed E-state index contributed by atoms with van der Waals surface area (Å²) in [5.41, 5.74) is -0.0959. The van der Waals surface area contributed by atoms with Gasteiger partial charge in [-0.2, -0.15) is 0 Å². The summed E-state index contributed by atoms with van der Waals surface area (Å²) in [4.78, 5) is 28.8. The van der Waals surface area contributed by atoms with E-state index in [0.29, 0.717) is 29.6 Å². The molecule has 1 aliphatic carbocycles. The minimum absolute atomic E-state index is 0.0256. The van der Waals surface area contributed by atoms with Crippen LogP contribution in [0.1, 0.15) is 62.8 Å². The number of hydrogen-bond acceptors (Lipinski definition) is 8. The molecule has 1 unspecified atom stereocenters. The summed E-state index contributed by atoms with van der Waals surface area (Å²) in [5, 5.41) is 2.66. The third-order valence-corrected chi connectivity index (χ3v) is 4.74. The SMILES string of the molecule is COC(=O)c1nc(-c2ccc(OC)c(OCC3CC3)c2)oc1C(C)NC(=O)OC(C)(C)C. The van der Waals surface area contributed by atoms with E-state index in [2.05, 4.69) is 10.3 Å². The van der Waals surface area contributed by atoms with Gasteiger partial charge in [-0.3, -0.25) is 0 Å². The summed E-state index contributed by atoms with van der Waals surface area (Å²) < 4.78 is 27.3. The lowest BCUT2D eigenvalue weighted by Gasteiger charge is -2.21. The minimum atomic E-state index is -0.691. The second-order valence-electron chi connectivity index (χ2n) is 8.71. The number of aromatic nitrogens is 1. The van der Waals surface area contributed by atoms with Crippen LogP contribution < -0.4 is 14.8 Å². The van der Waals surface area contributed by atoms with Crippen LogP contribution in [-0.2, 0) is 9.47 Å². The van der Waals surface area contributed by atoms with Gasteiger partial charge >= 0.3 is 12.1 Å². The first-order valence-corrected chi connectivity index (χ1v) is 10.5. The molecule has 32 heavy (non-hydrogen) atoms. The fraction of sp³-hybridized carbons (Fsp3) is 0.522. The minimum Gasteiger partial charge on any atom is -0.493 e. The van der Waals surface area contributed by atoms with E-state index >= 15 is 0 Å². The van der Waals surface area contributed by atoms with Gasteiger partial charge in [-0.15, -0.1) is 0 Å². The Bertz CT molecular complexity index is 973. The highest BCUT2D eigenvalue weighted by atomic mass is 16.6. The van der Waals surface area contributed by atoms with Crippen LogP contribution in [0.25, 0.3) is 11.5 Å². The van der Waals surface area contributed by atoms with E-state index in [0.717, 1.165) is 12.8 Å². The maximum Gasteiger partial charge on any atom is 0.408 e. The molecule has 1 aromatic heterocycles. The Kier molecular flexibility index (Phi) is 6.96. The van der Waals surface area contributed by atoms with E-state index in [1.165, 1.54) is 7.11 Å². The van der Waals surface area contributed by atoms with Crippen molar-refractivity contribution in [3.63, 3.8) is 0 Å². The molecule has 1 aromatic carbocycles. The molecule has 0 radical (unpaired) electrons. The molecule has 174 valence electrons. The van der Waals surface area contributed by atoms with E-state index in [1.807, 2.05) is 0 Å². The van der Waals surface area contributed by atoms with Crippen molar-refractivity contribution < 1.29 is 33.0 Å². The van der Waals surface area contributed by atoms with Gasteiger partial charge in [0.2, 0.25) is 5.89 Å². The quantitative estimate of drug-likeness (QED) is 0.590. The van der Waals surface area contributed by atoms with Crippen molar-refractivity contribution in [2.75, 3.05) is 20.8 Å².